The molecule has 1 atom stereocenters. The summed E-state index contributed by atoms with van der Waals surface area (Å²) in [6.45, 7) is 1.02. The molecule has 3 N–H and O–H groups in total. The fourth-order valence-electron chi connectivity index (χ4n) is 3.53. The van der Waals surface area contributed by atoms with Crippen LogP contribution in [0.3, 0.4) is 0 Å². The molecule has 0 aromatic heterocycles. The summed E-state index contributed by atoms with van der Waals surface area (Å²) >= 11 is 1.67. The van der Waals surface area contributed by atoms with Gasteiger partial charge in [0.05, 0.1) is 17.3 Å². The first-order valence-electron chi connectivity index (χ1n) is 8.64. The van der Waals surface area contributed by atoms with E-state index in [2.05, 4.69) is 5.43 Å². The number of urea groups is 1. The number of carbonyl (C=O) groups excluding carboxylic acids is 2. The molecule has 4 rings (SSSR count). The van der Waals surface area contributed by atoms with Crippen molar-refractivity contribution < 1.29 is 9.59 Å². The average Bonchev–Trinajstić information content (AvgIpc) is 2.71. The monoisotopic (exact) mass is 368 g/mol. The smallest absolute Gasteiger partial charge is 0.323 e. The lowest BCUT2D eigenvalue weighted by atomic mass is 9.97. The predicted octanol–water partition coefficient (Wildman–Crippen LogP) is 3.11. The average molecular weight is 368 g/mol. The van der Waals surface area contributed by atoms with Gasteiger partial charge in [-0.15, -0.1) is 0 Å². The maximum absolute atomic E-state index is 13.4. The van der Waals surface area contributed by atoms with E-state index in [0.717, 1.165) is 34.0 Å². The number of hydrazine groups is 1. The van der Waals surface area contributed by atoms with Crippen molar-refractivity contribution in [3.63, 3.8) is 0 Å². The Balaban J connectivity index is 1.69. The van der Waals surface area contributed by atoms with Gasteiger partial charge in [0.25, 0.3) is 0 Å². The predicted molar refractivity (Wildman–Crippen MR) is 101 cm³/mol. The largest absolute Gasteiger partial charge is 0.329 e. The molecule has 1 saturated heterocycles. The van der Waals surface area contributed by atoms with Crippen molar-refractivity contribution >= 4 is 35.1 Å². The number of para-hydroxylation sites is 2. The van der Waals surface area contributed by atoms with Crippen LogP contribution in [-0.2, 0) is 4.79 Å². The summed E-state index contributed by atoms with van der Waals surface area (Å²) in [4.78, 5) is 31.0. The second kappa shape index (κ2) is 7.01. The van der Waals surface area contributed by atoms with Crippen LogP contribution in [0.4, 0.5) is 16.2 Å². The highest BCUT2D eigenvalue weighted by molar-refractivity contribution is 7.99. The highest BCUT2D eigenvalue weighted by Gasteiger charge is 2.34. The highest BCUT2D eigenvalue weighted by Crippen LogP contribution is 2.48. The van der Waals surface area contributed by atoms with Crippen LogP contribution >= 0.6 is 11.8 Å². The van der Waals surface area contributed by atoms with Gasteiger partial charge in [0.2, 0.25) is 5.91 Å². The van der Waals surface area contributed by atoms with Gasteiger partial charge in [0.1, 0.15) is 0 Å². The maximum Gasteiger partial charge on any atom is 0.329 e. The van der Waals surface area contributed by atoms with Crippen molar-refractivity contribution in [2.24, 2.45) is 11.8 Å². The summed E-state index contributed by atoms with van der Waals surface area (Å²) in [5, 5.41) is 0. The van der Waals surface area contributed by atoms with Crippen molar-refractivity contribution in [3.05, 3.63) is 48.5 Å². The molecule has 1 unspecified atom stereocenters. The molecule has 1 fully saturated rings. The van der Waals surface area contributed by atoms with E-state index in [4.69, 9.17) is 5.84 Å². The van der Waals surface area contributed by atoms with Crippen LogP contribution in [-0.4, -0.2) is 29.9 Å². The second-order valence-electron chi connectivity index (χ2n) is 6.45. The summed E-state index contributed by atoms with van der Waals surface area (Å²) < 4.78 is 0. The lowest BCUT2D eigenvalue weighted by Gasteiger charge is -2.38. The van der Waals surface area contributed by atoms with Crippen molar-refractivity contribution in [2.45, 2.75) is 22.6 Å². The fraction of sp³-hybridized carbons (Fsp3) is 0.263. The minimum atomic E-state index is -0.262. The molecule has 2 aromatic rings. The van der Waals surface area contributed by atoms with E-state index in [1.54, 1.807) is 21.6 Å². The molecule has 0 radical (unpaired) electrons. The second-order valence-corrected chi connectivity index (χ2v) is 7.53. The molecule has 2 heterocycles. The molecule has 2 aliphatic rings. The number of hydrogen-bond donors (Lipinski definition) is 2. The summed E-state index contributed by atoms with van der Waals surface area (Å²) in [5.41, 5.74) is 3.97. The van der Waals surface area contributed by atoms with Crippen LogP contribution in [0.1, 0.15) is 12.8 Å². The zero-order chi connectivity index (χ0) is 18.1. The summed E-state index contributed by atoms with van der Waals surface area (Å²) in [6, 6.07) is 15.7. The minimum Gasteiger partial charge on any atom is -0.323 e. The van der Waals surface area contributed by atoms with Crippen molar-refractivity contribution in [2.75, 3.05) is 18.0 Å². The first kappa shape index (κ1) is 16.9. The molecule has 0 aliphatic carbocycles. The summed E-state index contributed by atoms with van der Waals surface area (Å²) in [5.74, 6) is 4.81. The topological polar surface area (TPSA) is 78.7 Å². The number of nitrogens with two attached hydrogens (primary N) is 1. The van der Waals surface area contributed by atoms with E-state index in [1.807, 2.05) is 48.5 Å². The molecular formula is C19H20N4O2S. The summed E-state index contributed by atoms with van der Waals surface area (Å²) in [7, 11) is 0. The molecule has 6 nitrogen and oxygen atoms in total. The van der Waals surface area contributed by atoms with Crippen LogP contribution in [0, 0.1) is 5.92 Å². The maximum atomic E-state index is 13.4. The third kappa shape index (κ3) is 2.93. The fourth-order valence-corrected chi connectivity index (χ4v) is 4.59. The Kier molecular flexibility index (Phi) is 4.57. The van der Waals surface area contributed by atoms with Gasteiger partial charge in [-0.2, -0.15) is 0 Å². The minimum absolute atomic E-state index is 0.0975. The molecule has 2 aromatic carbocycles. The SMILES string of the molecule is NNC(=O)C1CCCN(C(=O)N2c3ccccc3Sc3ccccc32)C1. The van der Waals surface area contributed by atoms with Gasteiger partial charge in [-0.05, 0) is 37.1 Å². The summed E-state index contributed by atoms with van der Waals surface area (Å²) in [6.07, 6.45) is 1.53. The highest BCUT2D eigenvalue weighted by atomic mass is 32.2. The molecule has 0 saturated carbocycles. The molecule has 7 heteroatoms. The number of piperidine rings is 1. The Morgan fingerprint density at radius 2 is 1.65 bits per heavy atom. The normalized spacial score (nSPS) is 18.7. The number of amides is 3. The number of rotatable bonds is 1. The van der Waals surface area contributed by atoms with Crippen molar-refractivity contribution in [1.82, 2.24) is 10.3 Å². The van der Waals surface area contributed by atoms with Crippen LogP contribution in [0.15, 0.2) is 58.3 Å². The zero-order valence-electron chi connectivity index (χ0n) is 14.2. The van der Waals surface area contributed by atoms with E-state index >= 15 is 0 Å². The van der Waals surface area contributed by atoms with Gasteiger partial charge >= 0.3 is 6.03 Å². The first-order valence-corrected chi connectivity index (χ1v) is 9.46. The van der Waals surface area contributed by atoms with E-state index in [0.29, 0.717) is 13.1 Å². The van der Waals surface area contributed by atoms with Crippen LogP contribution < -0.4 is 16.2 Å². The first-order chi connectivity index (χ1) is 12.7. The van der Waals surface area contributed by atoms with Crippen LogP contribution in [0.25, 0.3) is 0 Å². The number of anilines is 2. The zero-order valence-corrected chi connectivity index (χ0v) is 15.0. The van der Waals surface area contributed by atoms with Crippen LogP contribution in [0.5, 0.6) is 0 Å². The third-order valence-corrected chi connectivity index (χ3v) is 5.96. The Morgan fingerprint density at radius 3 is 2.27 bits per heavy atom. The van der Waals surface area contributed by atoms with Crippen LogP contribution in [0.2, 0.25) is 0 Å². The Hall–Kier alpha value is -2.51. The number of nitrogens with zero attached hydrogens (tertiary/aromatic N) is 2. The standard InChI is InChI=1S/C19H20N4O2S/c20-21-18(24)13-6-5-11-22(12-13)19(25)23-14-7-1-3-9-16(14)26-17-10-4-2-8-15(17)23/h1-4,7-10,13H,5-6,11-12,20H2,(H,21,24). The van der Waals surface area contributed by atoms with E-state index in [9.17, 15) is 9.59 Å². The molecule has 26 heavy (non-hydrogen) atoms. The van der Waals surface area contributed by atoms with Gasteiger partial charge in [0, 0.05) is 22.9 Å². The number of hydrogen-bond acceptors (Lipinski definition) is 4. The number of nitrogens with one attached hydrogen (secondary N) is 1. The molecular weight excluding hydrogens is 348 g/mol. The number of carbonyl (C=O) groups is 2. The lowest BCUT2D eigenvalue weighted by Crippen LogP contribution is -2.50. The Labute approximate surface area is 156 Å². The number of fused-ring (bicyclic) bond motifs is 2. The molecule has 134 valence electrons. The Morgan fingerprint density at radius 1 is 1.04 bits per heavy atom. The van der Waals surface area contributed by atoms with Gasteiger partial charge in [-0.25, -0.2) is 10.6 Å². The number of likely N-dealkylation sites (tertiary alicyclic amines) is 1. The van der Waals surface area contributed by atoms with E-state index in [-0.39, 0.29) is 17.9 Å². The van der Waals surface area contributed by atoms with Gasteiger partial charge in [-0.1, -0.05) is 36.0 Å². The molecule has 0 bridgehead atoms. The third-order valence-electron chi connectivity index (χ3n) is 4.83. The van der Waals surface area contributed by atoms with Crippen molar-refractivity contribution in [1.29, 1.82) is 0 Å². The Bertz CT molecular complexity index is 811. The number of benzene rings is 2. The molecule has 3 amide bonds. The molecule has 2 aliphatic heterocycles. The van der Waals surface area contributed by atoms with E-state index < -0.39 is 0 Å². The van der Waals surface area contributed by atoms with E-state index in [1.165, 1.54) is 0 Å². The van der Waals surface area contributed by atoms with Gasteiger partial charge < -0.3 is 4.90 Å². The molecule has 0 spiro atoms. The lowest BCUT2D eigenvalue weighted by molar-refractivity contribution is -0.126. The van der Waals surface area contributed by atoms with Gasteiger partial charge in [0.15, 0.2) is 0 Å². The van der Waals surface area contributed by atoms with Crippen molar-refractivity contribution in [3.8, 4) is 0 Å². The van der Waals surface area contributed by atoms with Gasteiger partial charge in [-0.3, -0.25) is 15.1 Å². The quantitative estimate of drug-likeness (QED) is 0.461.